The second-order valence-corrected chi connectivity index (χ2v) is 7.99. The van der Waals surface area contributed by atoms with E-state index in [4.69, 9.17) is 11.6 Å². The number of nitrogens with one attached hydrogen (secondary N) is 1. The van der Waals surface area contributed by atoms with Crippen molar-refractivity contribution in [2.24, 2.45) is 5.41 Å². The highest BCUT2D eigenvalue weighted by Crippen LogP contribution is 2.47. The third-order valence-corrected chi connectivity index (χ3v) is 5.65. The van der Waals surface area contributed by atoms with Gasteiger partial charge in [0.05, 0.1) is 0 Å². The van der Waals surface area contributed by atoms with Crippen LogP contribution in [0, 0.1) is 5.41 Å². The minimum atomic E-state index is 0.0899. The van der Waals surface area contributed by atoms with Crippen LogP contribution in [0.3, 0.4) is 0 Å². The third-order valence-electron chi connectivity index (χ3n) is 4.98. The first kappa shape index (κ1) is 16.1. The van der Waals surface area contributed by atoms with Gasteiger partial charge in [-0.2, -0.15) is 0 Å². The number of carbonyl (C=O) groups excluding carboxylic acids is 1. The minimum Gasteiger partial charge on any atom is -0.338 e. The number of benzene rings is 1. The molecular weight excluding hydrogens is 364 g/mol. The Bertz CT molecular complexity index is 539. The highest BCUT2D eigenvalue weighted by molar-refractivity contribution is 9.10. The van der Waals surface area contributed by atoms with E-state index in [-0.39, 0.29) is 6.03 Å². The van der Waals surface area contributed by atoms with Crippen molar-refractivity contribution >= 4 is 33.6 Å². The van der Waals surface area contributed by atoms with Crippen molar-refractivity contribution in [2.75, 3.05) is 19.6 Å². The number of urea groups is 1. The average molecular weight is 386 g/mol. The lowest BCUT2D eigenvalue weighted by Crippen LogP contribution is -2.52. The third kappa shape index (κ3) is 3.77. The number of hydrogen-bond acceptors (Lipinski definition) is 1. The molecule has 0 bridgehead atoms. The zero-order chi connectivity index (χ0) is 15.6. The van der Waals surface area contributed by atoms with Crippen LogP contribution in [-0.2, 0) is 6.42 Å². The predicted molar refractivity (Wildman–Crippen MR) is 93.3 cm³/mol. The fourth-order valence-corrected chi connectivity index (χ4v) is 4.58. The summed E-state index contributed by atoms with van der Waals surface area (Å²) >= 11 is 9.48. The topological polar surface area (TPSA) is 32.3 Å². The van der Waals surface area contributed by atoms with E-state index in [1.165, 1.54) is 25.7 Å². The molecule has 0 radical (unpaired) electrons. The van der Waals surface area contributed by atoms with Crippen molar-refractivity contribution in [3.8, 4) is 0 Å². The standard InChI is InChI=1S/C17H22BrClN2O/c18-14-9-13(10-15(19)11-14)3-7-20-16(22)21-8-2-6-17(12-21)4-1-5-17/h9-11H,1-8,12H2,(H,20,22). The van der Waals surface area contributed by atoms with E-state index in [0.717, 1.165) is 41.0 Å². The van der Waals surface area contributed by atoms with E-state index in [0.29, 0.717) is 12.0 Å². The van der Waals surface area contributed by atoms with Crippen LogP contribution >= 0.6 is 27.5 Å². The van der Waals surface area contributed by atoms with Crippen LogP contribution in [0.1, 0.15) is 37.7 Å². The van der Waals surface area contributed by atoms with Crippen LogP contribution < -0.4 is 5.32 Å². The molecule has 1 aliphatic heterocycles. The number of hydrogen-bond donors (Lipinski definition) is 1. The number of carbonyl (C=O) groups is 1. The average Bonchev–Trinajstić information content (AvgIpc) is 2.44. The van der Waals surface area contributed by atoms with Gasteiger partial charge in [0.2, 0.25) is 0 Å². The Hall–Kier alpha value is -0.740. The molecule has 120 valence electrons. The first-order valence-electron chi connectivity index (χ1n) is 8.04. The van der Waals surface area contributed by atoms with Gasteiger partial charge in [-0.3, -0.25) is 0 Å². The molecule has 1 saturated heterocycles. The lowest BCUT2D eigenvalue weighted by atomic mass is 9.64. The molecule has 1 aromatic carbocycles. The zero-order valence-electron chi connectivity index (χ0n) is 12.7. The van der Waals surface area contributed by atoms with Crippen molar-refractivity contribution in [3.63, 3.8) is 0 Å². The van der Waals surface area contributed by atoms with Gasteiger partial charge in [-0.1, -0.05) is 34.0 Å². The quantitative estimate of drug-likeness (QED) is 0.809. The molecule has 5 heteroatoms. The van der Waals surface area contributed by atoms with Crippen molar-refractivity contribution in [2.45, 2.75) is 38.5 Å². The smallest absolute Gasteiger partial charge is 0.317 e. The van der Waals surface area contributed by atoms with E-state index in [9.17, 15) is 4.79 Å². The Morgan fingerprint density at radius 2 is 2.05 bits per heavy atom. The maximum absolute atomic E-state index is 12.3. The van der Waals surface area contributed by atoms with Gasteiger partial charge in [0.15, 0.2) is 0 Å². The predicted octanol–water partition coefficient (Wildman–Crippen LogP) is 4.62. The molecule has 1 aromatic rings. The van der Waals surface area contributed by atoms with Gasteiger partial charge < -0.3 is 10.2 Å². The molecule has 2 aliphatic rings. The normalized spacial score (nSPS) is 19.8. The second-order valence-electron chi connectivity index (χ2n) is 6.64. The molecule has 1 N–H and O–H groups in total. The van der Waals surface area contributed by atoms with Gasteiger partial charge in [-0.25, -0.2) is 4.79 Å². The largest absolute Gasteiger partial charge is 0.338 e. The van der Waals surface area contributed by atoms with Crippen molar-refractivity contribution in [1.82, 2.24) is 10.2 Å². The summed E-state index contributed by atoms with van der Waals surface area (Å²) < 4.78 is 0.976. The maximum Gasteiger partial charge on any atom is 0.317 e. The summed E-state index contributed by atoms with van der Waals surface area (Å²) in [4.78, 5) is 14.3. The molecule has 1 saturated carbocycles. The van der Waals surface area contributed by atoms with Gasteiger partial charge in [0.25, 0.3) is 0 Å². The van der Waals surface area contributed by atoms with Gasteiger partial charge in [-0.15, -0.1) is 0 Å². The second kappa shape index (κ2) is 6.79. The Kier molecular flexibility index (Phi) is 4.98. The molecule has 2 amide bonds. The van der Waals surface area contributed by atoms with Crippen LogP contribution in [0.15, 0.2) is 22.7 Å². The van der Waals surface area contributed by atoms with Crippen molar-refractivity contribution in [1.29, 1.82) is 0 Å². The zero-order valence-corrected chi connectivity index (χ0v) is 15.0. The summed E-state index contributed by atoms with van der Waals surface area (Å²) in [6.45, 7) is 2.49. The van der Waals surface area contributed by atoms with Gasteiger partial charge in [0, 0.05) is 29.1 Å². The van der Waals surface area contributed by atoms with E-state index in [1.807, 2.05) is 23.1 Å². The summed E-state index contributed by atoms with van der Waals surface area (Å²) in [5.41, 5.74) is 1.58. The summed E-state index contributed by atoms with van der Waals surface area (Å²) in [6, 6.07) is 5.95. The first-order valence-corrected chi connectivity index (χ1v) is 9.21. The number of piperidine rings is 1. The number of nitrogens with zero attached hydrogens (tertiary/aromatic N) is 1. The molecule has 3 nitrogen and oxygen atoms in total. The SMILES string of the molecule is O=C(NCCc1cc(Cl)cc(Br)c1)N1CCCC2(CCC2)C1. The first-order chi connectivity index (χ1) is 10.6. The monoisotopic (exact) mass is 384 g/mol. The van der Waals surface area contributed by atoms with Gasteiger partial charge in [-0.05, 0) is 61.3 Å². The summed E-state index contributed by atoms with van der Waals surface area (Å²) in [6.07, 6.45) is 7.17. The molecule has 0 unspecified atom stereocenters. The van der Waals surface area contributed by atoms with E-state index >= 15 is 0 Å². The number of amides is 2. The lowest BCUT2D eigenvalue weighted by Gasteiger charge is -2.48. The fraction of sp³-hybridized carbons (Fsp3) is 0.588. The van der Waals surface area contributed by atoms with Crippen LogP contribution in [0.4, 0.5) is 4.79 Å². The van der Waals surface area contributed by atoms with Crippen LogP contribution in [0.2, 0.25) is 5.02 Å². The molecule has 1 aliphatic carbocycles. The van der Waals surface area contributed by atoms with Crippen LogP contribution in [-0.4, -0.2) is 30.6 Å². The molecular formula is C17H22BrClN2O. The van der Waals surface area contributed by atoms with Gasteiger partial charge in [0.1, 0.15) is 0 Å². The highest BCUT2D eigenvalue weighted by Gasteiger charge is 2.41. The number of halogens is 2. The highest BCUT2D eigenvalue weighted by atomic mass is 79.9. The molecule has 1 heterocycles. The Morgan fingerprint density at radius 3 is 2.73 bits per heavy atom. The van der Waals surface area contributed by atoms with Gasteiger partial charge >= 0.3 is 6.03 Å². The summed E-state index contributed by atoms with van der Waals surface area (Å²) in [7, 11) is 0. The summed E-state index contributed by atoms with van der Waals surface area (Å²) in [5, 5.41) is 3.78. The molecule has 0 aromatic heterocycles. The van der Waals surface area contributed by atoms with Crippen molar-refractivity contribution < 1.29 is 4.79 Å². The van der Waals surface area contributed by atoms with Crippen LogP contribution in [0.25, 0.3) is 0 Å². The molecule has 0 atom stereocenters. The Labute approximate surface area is 145 Å². The van der Waals surface area contributed by atoms with E-state index < -0.39 is 0 Å². The Balaban J connectivity index is 1.47. The molecule has 1 spiro atoms. The van der Waals surface area contributed by atoms with Crippen LogP contribution in [0.5, 0.6) is 0 Å². The molecule has 22 heavy (non-hydrogen) atoms. The minimum absolute atomic E-state index is 0.0899. The fourth-order valence-electron chi connectivity index (χ4n) is 3.65. The summed E-state index contributed by atoms with van der Waals surface area (Å²) in [5.74, 6) is 0. The maximum atomic E-state index is 12.3. The van der Waals surface area contributed by atoms with E-state index in [2.05, 4.69) is 21.2 Å². The van der Waals surface area contributed by atoms with Crippen molar-refractivity contribution in [3.05, 3.63) is 33.3 Å². The molecule has 3 rings (SSSR count). The molecule has 2 fully saturated rings. The van der Waals surface area contributed by atoms with E-state index in [1.54, 1.807) is 0 Å². The lowest BCUT2D eigenvalue weighted by molar-refractivity contribution is 0.0370. The Morgan fingerprint density at radius 1 is 1.27 bits per heavy atom. The number of rotatable bonds is 3. The number of likely N-dealkylation sites (tertiary alicyclic amines) is 1.